The maximum atomic E-state index is 13.3. The molecule has 3 heterocycles. The molecule has 1 atom stereocenters. The number of hydrogen-bond donors (Lipinski definition) is 2. The molecule has 0 saturated heterocycles. The number of aliphatic hydroxyl groups excluding tert-OH is 1. The first-order valence-electron chi connectivity index (χ1n) is 11.3. The average Bonchev–Trinajstić information content (AvgIpc) is 3.29. The van der Waals surface area contributed by atoms with E-state index in [0.29, 0.717) is 34.7 Å². The molecule has 0 fully saturated rings. The molecular formula is C26H26FN5O4. The number of hydrogen-bond acceptors (Lipinski definition) is 6. The van der Waals surface area contributed by atoms with Gasteiger partial charge in [-0.1, -0.05) is 17.9 Å². The largest absolute Gasteiger partial charge is 0.489 e. The highest BCUT2D eigenvalue weighted by molar-refractivity contribution is 6.00. The summed E-state index contributed by atoms with van der Waals surface area (Å²) in [4.78, 5) is 31.1. The number of amides is 2. The standard InChI is InChI=1S/C26H26FN5O4/c1-26(2,16-33)10-9-17-7-8-22-21(12-17)31(3)24(34)20(15-36-22)30-25(35)32-14-18(13-28-32)11-19-5-4-6-23(27)29-19/h4-8,12-14,20,33H,11,15-16H2,1-3H3,(H,30,35)/t20-/m0/s1. The second kappa shape index (κ2) is 10.2. The first-order valence-corrected chi connectivity index (χ1v) is 11.3. The van der Waals surface area contributed by atoms with Crippen LogP contribution in [0.25, 0.3) is 0 Å². The SMILES string of the molecule is CN1C(=O)[C@@H](NC(=O)n2cc(Cc3cccc(F)n3)cn2)COc2ccc(C#CC(C)(C)CO)cc21. The molecule has 1 aromatic carbocycles. The molecule has 36 heavy (non-hydrogen) atoms. The zero-order chi connectivity index (χ0) is 25.9. The second-order valence-corrected chi connectivity index (χ2v) is 9.11. The number of likely N-dealkylation sites (N-methyl/N-ethyl adjacent to an activating group) is 1. The number of nitrogens with one attached hydrogen (secondary N) is 1. The summed E-state index contributed by atoms with van der Waals surface area (Å²) in [5.41, 5.74) is 1.80. The Balaban J connectivity index is 1.45. The molecule has 2 N–H and O–H groups in total. The van der Waals surface area contributed by atoms with E-state index in [0.717, 1.165) is 4.68 Å². The van der Waals surface area contributed by atoms with E-state index in [1.165, 1.54) is 23.4 Å². The van der Waals surface area contributed by atoms with Crippen LogP contribution in [0.1, 0.15) is 30.7 Å². The van der Waals surface area contributed by atoms with Crippen molar-refractivity contribution in [2.24, 2.45) is 5.41 Å². The topological polar surface area (TPSA) is 110 Å². The molecule has 1 aliphatic heterocycles. The van der Waals surface area contributed by atoms with Gasteiger partial charge in [0.25, 0.3) is 5.91 Å². The van der Waals surface area contributed by atoms with Crippen LogP contribution >= 0.6 is 0 Å². The number of pyridine rings is 1. The summed E-state index contributed by atoms with van der Waals surface area (Å²) >= 11 is 0. The molecule has 3 aromatic rings. The predicted molar refractivity (Wildman–Crippen MR) is 130 cm³/mol. The van der Waals surface area contributed by atoms with Crippen molar-refractivity contribution >= 4 is 17.6 Å². The summed E-state index contributed by atoms with van der Waals surface area (Å²) < 4.78 is 20.2. The van der Waals surface area contributed by atoms with Gasteiger partial charge in [0.05, 0.1) is 18.5 Å². The highest BCUT2D eigenvalue weighted by Crippen LogP contribution is 2.31. The van der Waals surface area contributed by atoms with Crippen LogP contribution in [0.15, 0.2) is 48.8 Å². The fourth-order valence-electron chi connectivity index (χ4n) is 3.50. The van der Waals surface area contributed by atoms with Crippen molar-refractivity contribution < 1.29 is 23.8 Å². The van der Waals surface area contributed by atoms with Gasteiger partial charge in [0.2, 0.25) is 5.95 Å². The molecule has 1 aliphatic rings. The number of fused-ring (bicyclic) bond motifs is 1. The number of aliphatic hydroxyl groups is 1. The van der Waals surface area contributed by atoms with E-state index in [9.17, 15) is 19.1 Å². The molecule has 0 bridgehead atoms. The second-order valence-electron chi connectivity index (χ2n) is 9.11. The summed E-state index contributed by atoms with van der Waals surface area (Å²) in [6.45, 7) is 3.52. The van der Waals surface area contributed by atoms with Gasteiger partial charge in [-0.3, -0.25) is 4.79 Å². The molecule has 9 nitrogen and oxygen atoms in total. The van der Waals surface area contributed by atoms with E-state index < -0.39 is 23.4 Å². The summed E-state index contributed by atoms with van der Waals surface area (Å²) in [6, 6.07) is 8.18. The van der Waals surface area contributed by atoms with Gasteiger partial charge < -0.3 is 20.1 Å². The van der Waals surface area contributed by atoms with Gasteiger partial charge in [0.15, 0.2) is 0 Å². The number of anilines is 1. The lowest BCUT2D eigenvalue weighted by Gasteiger charge is -2.20. The van der Waals surface area contributed by atoms with E-state index in [1.807, 2.05) is 13.8 Å². The monoisotopic (exact) mass is 491 g/mol. The molecule has 0 unspecified atom stereocenters. The Labute approximate surface area is 207 Å². The van der Waals surface area contributed by atoms with Gasteiger partial charge in [-0.25, -0.2) is 9.78 Å². The quantitative estimate of drug-likeness (QED) is 0.428. The van der Waals surface area contributed by atoms with Crippen molar-refractivity contribution in [3.63, 3.8) is 0 Å². The normalized spacial score (nSPS) is 15.3. The van der Waals surface area contributed by atoms with Crippen molar-refractivity contribution in [2.45, 2.75) is 26.3 Å². The van der Waals surface area contributed by atoms with Crippen LogP contribution in [0.4, 0.5) is 14.9 Å². The summed E-state index contributed by atoms with van der Waals surface area (Å²) in [5, 5.41) is 16.1. The van der Waals surface area contributed by atoms with Crippen LogP contribution in [0.5, 0.6) is 5.75 Å². The van der Waals surface area contributed by atoms with E-state index in [2.05, 4.69) is 27.2 Å². The number of carbonyl (C=O) groups is 2. The number of carbonyl (C=O) groups excluding carboxylic acids is 2. The van der Waals surface area contributed by atoms with E-state index in [4.69, 9.17) is 4.74 Å². The third-order valence-corrected chi connectivity index (χ3v) is 5.59. The maximum absolute atomic E-state index is 13.3. The van der Waals surface area contributed by atoms with Gasteiger partial charge in [0.1, 0.15) is 18.4 Å². The minimum absolute atomic E-state index is 0.0637. The van der Waals surface area contributed by atoms with E-state index in [1.54, 1.807) is 37.4 Å². The highest BCUT2D eigenvalue weighted by atomic mass is 19.1. The Morgan fingerprint density at radius 3 is 2.89 bits per heavy atom. The average molecular weight is 492 g/mol. The predicted octanol–water partition coefficient (Wildman–Crippen LogP) is 2.36. The Kier molecular flexibility index (Phi) is 7.03. The Morgan fingerprint density at radius 2 is 2.14 bits per heavy atom. The van der Waals surface area contributed by atoms with Crippen molar-refractivity contribution in [1.82, 2.24) is 20.1 Å². The van der Waals surface area contributed by atoms with Gasteiger partial charge >= 0.3 is 6.03 Å². The molecule has 2 amide bonds. The number of rotatable bonds is 4. The zero-order valence-electron chi connectivity index (χ0n) is 20.2. The summed E-state index contributed by atoms with van der Waals surface area (Å²) in [5.74, 6) is 5.57. The zero-order valence-corrected chi connectivity index (χ0v) is 20.2. The van der Waals surface area contributed by atoms with E-state index in [-0.39, 0.29) is 19.1 Å². The number of aromatic nitrogens is 3. The summed E-state index contributed by atoms with van der Waals surface area (Å²) in [6.07, 6.45) is 3.29. The molecule has 0 radical (unpaired) electrons. The first-order chi connectivity index (χ1) is 17.1. The van der Waals surface area contributed by atoms with Gasteiger partial charge in [-0.2, -0.15) is 14.2 Å². The number of benzene rings is 1. The van der Waals surface area contributed by atoms with Crippen molar-refractivity contribution in [1.29, 1.82) is 0 Å². The minimum atomic E-state index is -0.949. The van der Waals surface area contributed by atoms with Gasteiger partial charge in [-0.05, 0) is 49.7 Å². The lowest BCUT2D eigenvalue weighted by molar-refractivity contribution is -0.120. The van der Waals surface area contributed by atoms with Crippen molar-refractivity contribution in [3.8, 4) is 17.6 Å². The third kappa shape index (κ3) is 5.70. The van der Waals surface area contributed by atoms with E-state index >= 15 is 0 Å². The number of nitrogens with zero attached hydrogens (tertiary/aromatic N) is 4. The van der Waals surface area contributed by atoms with Crippen molar-refractivity contribution in [2.75, 3.05) is 25.2 Å². The molecular weight excluding hydrogens is 465 g/mol. The van der Waals surface area contributed by atoms with Crippen LogP contribution in [0, 0.1) is 23.2 Å². The number of halogens is 1. The molecule has 0 spiro atoms. The van der Waals surface area contributed by atoms with Gasteiger partial charge in [-0.15, -0.1) is 0 Å². The maximum Gasteiger partial charge on any atom is 0.342 e. The minimum Gasteiger partial charge on any atom is -0.489 e. The Morgan fingerprint density at radius 1 is 1.33 bits per heavy atom. The Hall–Kier alpha value is -4.23. The smallest absolute Gasteiger partial charge is 0.342 e. The van der Waals surface area contributed by atoms with Crippen LogP contribution in [0.3, 0.4) is 0 Å². The Bertz CT molecular complexity index is 1360. The first kappa shape index (κ1) is 24.9. The molecule has 186 valence electrons. The molecule has 0 aliphatic carbocycles. The molecule has 0 saturated carbocycles. The van der Waals surface area contributed by atoms with Crippen LogP contribution in [-0.2, 0) is 11.2 Å². The molecule has 4 rings (SSSR count). The molecule has 2 aromatic heterocycles. The van der Waals surface area contributed by atoms with Crippen LogP contribution < -0.4 is 15.0 Å². The number of ether oxygens (including phenoxy) is 1. The van der Waals surface area contributed by atoms with Gasteiger partial charge in [0, 0.05) is 36.3 Å². The highest BCUT2D eigenvalue weighted by Gasteiger charge is 2.31. The lowest BCUT2D eigenvalue weighted by atomic mass is 9.95. The van der Waals surface area contributed by atoms with Crippen LogP contribution in [0.2, 0.25) is 0 Å². The lowest BCUT2D eigenvalue weighted by Crippen LogP contribution is -2.50. The summed E-state index contributed by atoms with van der Waals surface area (Å²) in [7, 11) is 1.60. The van der Waals surface area contributed by atoms with Crippen LogP contribution in [-0.4, -0.2) is 58.1 Å². The fourth-order valence-corrected chi connectivity index (χ4v) is 3.50. The third-order valence-electron chi connectivity index (χ3n) is 5.59. The fraction of sp³-hybridized carbons (Fsp3) is 0.308. The molecule has 10 heteroatoms. The van der Waals surface area contributed by atoms with Crippen molar-refractivity contribution in [3.05, 3.63) is 71.6 Å².